The topological polar surface area (TPSA) is 76.0 Å². The molecule has 173 valence electrons. The van der Waals surface area contributed by atoms with Crippen molar-refractivity contribution in [2.24, 2.45) is 11.3 Å². The summed E-state index contributed by atoms with van der Waals surface area (Å²) in [5, 5.41) is 19.3. The van der Waals surface area contributed by atoms with Crippen molar-refractivity contribution < 1.29 is 33.3 Å². The average Bonchev–Trinajstić information content (AvgIpc) is 3.00. The number of fused-ring (bicyclic) bond motifs is 1. The second-order valence-electron chi connectivity index (χ2n) is 8.59. The highest BCUT2D eigenvalue weighted by molar-refractivity contribution is 5.66. The number of halogens is 2. The van der Waals surface area contributed by atoms with Gasteiger partial charge in [-0.3, -0.25) is 4.79 Å². The number of aliphatic hydroxyl groups excluding tert-OH is 1. The molecule has 0 aromatic rings. The normalized spacial score (nSPS) is 32.7. The van der Waals surface area contributed by atoms with E-state index in [9.17, 15) is 18.7 Å². The lowest BCUT2D eigenvalue weighted by atomic mass is 9.70. The van der Waals surface area contributed by atoms with Crippen molar-refractivity contribution in [1.29, 1.82) is 0 Å². The summed E-state index contributed by atoms with van der Waals surface area (Å²) in [4.78, 5) is 10.6. The molecule has 2 aliphatic rings. The van der Waals surface area contributed by atoms with Gasteiger partial charge in [0.15, 0.2) is 0 Å². The van der Waals surface area contributed by atoms with Crippen LogP contribution in [0.2, 0.25) is 0 Å². The van der Waals surface area contributed by atoms with E-state index in [1.54, 1.807) is 0 Å². The quantitative estimate of drug-likeness (QED) is 0.350. The summed E-state index contributed by atoms with van der Waals surface area (Å²) in [6, 6.07) is 0. The number of unbranched alkanes of at least 4 members (excludes halogenated alkanes) is 3. The number of aliphatic carboxylic acids is 1. The Hall–Kier alpha value is -1.05. The van der Waals surface area contributed by atoms with Gasteiger partial charge in [0.05, 0.1) is 36.9 Å². The number of rotatable bonds is 11. The first kappa shape index (κ1) is 25.2. The highest BCUT2D eigenvalue weighted by Gasteiger charge is 2.61. The molecule has 2 fully saturated rings. The predicted octanol–water partition coefficient (Wildman–Crippen LogP) is 5.13. The number of carboxylic acid groups (broad SMARTS) is 1. The highest BCUT2D eigenvalue weighted by Crippen LogP contribution is 2.57. The van der Waals surface area contributed by atoms with Crippen LogP contribution < -0.4 is 0 Å². The summed E-state index contributed by atoms with van der Waals surface area (Å²) in [5.41, 5.74) is -1.46. The Kier molecular flexibility index (Phi) is 10.7. The largest absolute Gasteiger partial charge is 0.481 e. The number of carboxylic acids is 1. The van der Waals surface area contributed by atoms with Crippen molar-refractivity contribution >= 4 is 5.97 Å². The SMILES string of the molecule is CCCCCC1CC[C@@]2([C](F)F)C(C[C@H](O)[C@@H]2C/C=C\CCCC(=O)O)OCCO1. The molecule has 2 unspecified atom stereocenters. The molecule has 0 aromatic heterocycles. The van der Waals surface area contributed by atoms with E-state index in [1.807, 2.05) is 12.2 Å². The zero-order valence-electron chi connectivity index (χ0n) is 18.0. The maximum atomic E-state index is 14.5. The third-order valence-electron chi connectivity index (χ3n) is 6.59. The Morgan fingerprint density at radius 2 is 1.93 bits per heavy atom. The van der Waals surface area contributed by atoms with Crippen LogP contribution in [-0.2, 0) is 14.3 Å². The van der Waals surface area contributed by atoms with Gasteiger partial charge in [-0.25, -0.2) is 0 Å². The molecule has 5 atom stereocenters. The van der Waals surface area contributed by atoms with Crippen molar-refractivity contribution in [3.8, 4) is 0 Å². The van der Waals surface area contributed by atoms with Crippen LogP contribution in [0.5, 0.6) is 0 Å². The minimum atomic E-state index is -1.65. The Balaban J connectivity index is 2.08. The Labute approximate surface area is 178 Å². The molecule has 1 aliphatic carbocycles. The molecule has 30 heavy (non-hydrogen) atoms. The molecule has 1 aliphatic heterocycles. The first-order valence-corrected chi connectivity index (χ1v) is 11.4. The van der Waals surface area contributed by atoms with Crippen molar-refractivity contribution in [3.05, 3.63) is 18.6 Å². The molecule has 5 nitrogen and oxygen atoms in total. The molecule has 7 heteroatoms. The lowest BCUT2D eigenvalue weighted by Gasteiger charge is -2.38. The van der Waals surface area contributed by atoms with Crippen LogP contribution in [-0.4, -0.2) is 47.7 Å². The second-order valence-corrected chi connectivity index (χ2v) is 8.59. The maximum Gasteiger partial charge on any atom is 0.319 e. The van der Waals surface area contributed by atoms with Crippen LogP contribution in [0.25, 0.3) is 0 Å². The lowest BCUT2D eigenvalue weighted by Crippen LogP contribution is -2.41. The number of aliphatic hydroxyl groups is 1. The van der Waals surface area contributed by atoms with E-state index in [-0.39, 0.29) is 32.0 Å². The monoisotopic (exact) mass is 431 g/mol. The fourth-order valence-electron chi connectivity index (χ4n) is 4.93. The van der Waals surface area contributed by atoms with E-state index in [4.69, 9.17) is 14.6 Å². The Morgan fingerprint density at radius 3 is 2.63 bits per heavy atom. The summed E-state index contributed by atoms with van der Waals surface area (Å²) < 4.78 is 40.7. The standard InChI is InChI=1S/C23H37F2O5/c1-2-3-6-9-17-12-13-23(22(24)25)18(10-7-4-5-8-11-21(27)28)19(26)16-20(23)30-15-14-29-17/h4,7,17-20,26H,2-3,5-6,8-16H2,1H3,(H,27,28)/b7-4-/t17?,18-,19-,20?,23-/m0/s1. The summed E-state index contributed by atoms with van der Waals surface area (Å²) in [6.07, 6.45) is 6.94. The number of carbonyl (C=O) groups is 1. The number of hydrogen-bond acceptors (Lipinski definition) is 4. The third kappa shape index (κ3) is 6.72. The molecule has 2 rings (SSSR count). The molecular formula is C23H37F2O5. The van der Waals surface area contributed by atoms with E-state index in [0.717, 1.165) is 25.7 Å². The van der Waals surface area contributed by atoms with Crippen molar-refractivity contribution in [2.75, 3.05) is 13.2 Å². The van der Waals surface area contributed by atoms with E-state index in [0.29, 0.717) is 32.3 Å². The van der Waals surface area contributed by atoms with Gasteiger partial charge < -0.3 is 19.7 Å². The van der Waals surface area contributed by atoms with Crippen LogP contribution in [0.4, 0.5) is 8.78 Å². The van der Waals surface area contributed by atoms with E-state index in [2.05, 4.69) is 6.92 Å². The molecule has 1 radical (unpaired) electrons. The zero-order chi connectivity index (χ0) is 22.0. The van der Waals surface area contributed by atoms with Crippen LogP contribution in [0.3, 0.4) is 0 Å². The first-order chi connectivity index (χ1) is 14.4. The Morgan fingerprint density at radius 1 is 1.17 bits per heavy atom. The summed E-state index contributed by atoms with van der Waals surface area (Å²) in [5.74, 6) is -1.46. The predicted molar refractivity (Wildman–Crippen MR) is 110 cm³/mol. The van der Waals surface area contributed by atoms with Crippen LogP contribution in [0.15, 0.2) is 12.2 Å². The third-order valence-corrected chi connectivity index (χ3v) is 6.59. The molecule has 0 amide bonds. The summed E-state index contributed by atoms with van der Waals surface area (Å²) >= 11 is 0. The minimum absolute atomic E-state index is 0.0555. The molecule has 1 saturated heterocycles. The highest BCUT2D eigenvalue weighted by atomic mass is 19.3. The number of hydrogen-bond donors (Lipinski definition) is 2. The first-order valence-electron chi connectivity index (χ1n) is 11.4. The molecule has 2 N–H and O–H groups in total. The zero-order valence-corrected chi connectivity index (χ0v) is 18.0. The molecule has 0 bridgehead atoms. The van der Waals surface area contributed by atoms with Gasteiger partial charge in [0.2, 0.25) is 0 Å². The number of allylic oxidation sites excluding steroid dienone is 2. The van der Waals surface area contributed by atoms with Gasteiger partial charge in [0.25, 0.3) is 0 Å². The summed E-state index contributed by atoms with van der Waals surface area (Å²) in [6.45, 7) is 2.78. The maximum absolute atomic E-state index is 14.5. The molecule has 1 heterocycles. The van der Waals surface area contributed by atoms with Crippen LogP contribution in [0, 0.1) is 17.8 Å². The van der Waals surface area contributed by atoms with Gasteiger partial charge in [-0.15, -0.1) is 0 Å². The number of ether oxygens (including phenoxy) is 2. The van der Waals surface area contributed by atoms with Gasteiger partial charge in [-0.05, 0) is 38.5 Å². The summed E-state index contributed by atoms with van der Waals surface area (Å²) in [7, 11) is 0. The van der Waals surface area contributed by atoms with Crippen LogP contribution in [0.1, 0.15) is 77.6 Å². The van der Waals surface area contributed by atoms with Gasteiger partial charge in [-0.1, -0.05) is 38.3 Å². The van der Waals surface area contributed by atoms with Gasteiger partial charge in [0.1, 0.15) is 0 Å². The van der Waals surface area contributed by atoms with Crippen LogP contribution >= 0.6 is 0 Å². The van der Waals surface area contributed by atoms with Crippen molar-refractivity contribution in [3.63, 3.8) is 0 Å². The van der Waals surface area contributed by atoms with Crippen molar-refractivity contribution in [2.45, 2.75) is 95.9 Å². The van der Waals surface area contributed by atoms with Gasteiger partial charge in [0, 0.05) is 18.8 Å². The minimum Gasteiger partial charge on any atom is -0.481 e. The van der Waals surface area contributed by atoms with E-state index < -0.39 is 35.9 Å². The van der Waals surface area contributed by atoms with E-state index >= 15 is 0 Å². The fraction of sp³-hybridized carbons (Fsp3) is 0.826. The smallest absolute Gasteiger partial charge is 0.319 e. The van der Waals surface area contributed by atoms with Crippen molar-refractivity contribution in [1.82, 2.24) is 0 Å². The molecule has 1 saturated carbocycles. The fourth-order valence-corrected chi connectivity index (χ4v) is 4.93. The Bertz CT molecular complexity index is 540. The van der Waals surface area contributed by atoms with Gasteiger partial charge >= 0.3 is 12.4 Å². The second kappa shape index (κ2) is 12.7. The lowest BCUT2D eigenvalue weighted by molar-refractivity contribution is -0.137. The molecule has 0 spiro atoms. The molecule has 0 aromatic carbocycles. The molecular weight excluding hydrogens is 394 g/mol. The average molecular weight is 432 g/mol. The van der Waals surface area contributed by atoms with E-state index in [1.165, 1.54) is 0 Å². The van der Waals surface area contributed by atoms with Gasteiger partial charge in [-0.2, -0.15) is 8.78 Å².